The second-order valence-electron chi connectivity index (χ2n) is 20.5. The number of ether oxygens (including phenoxy) is 6. The number of aromatic nitrogens is 2. The number of carbonyl (C=O) groups excluding carboxylic acids is 5. The van der Waals surface area contributed by atoms with Crippen LogP contribution in [0, 0.1) is 11.6 Å². The normalized spacial score (nSPS) is 18.1. The maximum absolute atomic E-state index is 14.5. The summed E-state index contributed by atoms with van der Waals surface area (Å²) >= 11 is 0. The summed E-state index contributed by atoms with van der Waals surface area (Å²) in [6, 6.07) is 0.618. The first-order valence-corrected chi connectivity index (χ1v) is 23.0. The van der Waals surface area contributed by atoms with Crippen LogP contribution in [-0.4, -0.2) is 159 Å². The highest BCUT2D eigenvalue weighted by atomic mass is 19.1. The van der Waals surface area contributed by atoms with Gasteiger partial charge in [0.25, 0.3) is 0 Å². The van der Waals surface area contributed by atoms with Crippen LogP contribution in [-0.2, 0) is 33.2 Å². The fourth-order valence-electron chi connectivity index (χ4n) is 6.90. The van der Waals surface area contributed by atoms with E-state index in [0.717, 1.165) is 6.07 Å². The second-order valence-corrected chi connectivity index (χ2v) is 20.5. The Morgan fingerprint density at radius 2 is 1.28 bits per heavy atom. The Hall–Kier alpha value is -5.06. The number of fused-ring (bicyclic) bond motifs is 1. The molecule has 1 unspecified atom stereocenters. The monoisotopic (exact) mass is 972 g/mol. The average molecular weight is 972 g/mol. The third-order valence-corrected chi connectivity index (χ3v) is 9.68. The van der Waals surface area contributed by atoms with Crippen LogP contribution in [0.2, 0.25) is 0 Å². The van der Waals surface area contributed by atoms with Gasteiger partial charge in [-0.3, -0.25) is 9.69 Å². The zero-order valence-electron chi connectivity index (χ0n) is 41.7. The highest BCUT2D eigenvalue weighted by Gasteiger charge is 2.46. The lowest BCUT2D eigenvalue weighted by Crippen LogP contribution is -2.52. The molecule has 5 amide bonds. The van der Waals surface area contributed by atoms with Crippen molar-refractivity contribution in [3.05, 3.63) is 30.1 Å². The fourth-order valence-corrected chi connectivity index (χ4v) is 6.90. The van der Waals surface area contributed by atoms with E-state index in [9.17, 15) is 43.0 Å². The highest BCUT2D eigenvalue weighted by molar-refractivity contribution is 5.85. The topological polar surface area (TPSA) is 242 Å². The zero-order valence-corrected chi connectivity index (χ0v) is 41.7. The number of carbonyl (C=O) groups is 5. The summed E-state index contributed by atoms with van der Waals surface area (Å²) in [4.78, 5) is 73.0. The lowest BCUT2D eigenvalue weighted by atomic mass is 10.1. The molecule has 0 saturated carbocycles. The number of aliphatic hydroxyl groups is 2. The molecule has 3 rings (SSSR count). The van der Waals surface area contributed by atoms with Crippen molar-refractivity contribution in [2.24, 2.45) is 0 Å². The predicted molar refractivity (Wildman–Crippen MR) is 245 cm³/mol. The maximum Gasteiger partial charge on any atom is 0.410 e. The van der Waals surface area contributed by atoms with E-state index in [2.05, 4.69) is 20.9 Å². The smallest absolute Gasteiger partial charge is 0.410 e. The molecule has 0 radical (unpaired) electrons. The summed E-state index contributed by atoms with van der Waals surface area (Å²) in [5.74, 6) is -2.30. The molecule has 1 aromatic heterocycles. The Bertz CT molecular complexity index is 1980. The molecule has 2 aromatic rings. The van der Waals surface area contributed by atoms with E-state index in [1.807, 2.05) is 0 Å². The lowest BCUT2D eigenvalue weighted by molar-refractivity contribution is -0.127. The molecule has 20 nitrogen and oxygen atoms in total. The van der Waals surface area contributed by atoms with Gasteiger partial charge in [0.2, 0.25) is 5.91 Å². The second kappa shape index (κ2) is 25.0. The van der Waals surface area contributed by atoms with E-state index in [-0.39, 0.29) is 82.6 Å². The number of hydrogen-bond donors (Lipinski definition) is 5. The number of imidazole rings is 1. The number of alkyl carbamates (subject to hydrolysis) is 2. The van der Waals surface area contributed by atoms with E-state index in [0.29, 0.717) is 12.5 Å². The first-order valence-electron chi connectivity index (χ1n) is 23.0. The maximum atomic E-state index is 14.5. The van der Waals surface area contributed by atoms with E-state index in [1.54, 1.807) is 83.1 Å². The van der Waals surface area contributed by atoms with Crippen LogP contribution in [0.3, 0.4) is 0 Å². The van der Waals surface area contributed by atoms with Crippen molar-refractivity contribution in [2.45, 2.75) is 168 Å². The van der Waals surface area contributed by atoms with Gasteiger partial charge in [0.1, 0.15) is 58.1 Å². The molecule has 0 spiro atoms. The molecule has 5 N–H and O–H groups in total. The van der Waals surface area contributed by atoms with Crippen LogP contribution in [0.15, 0.2) is 18.5 Å². The van der Waals surface area contributed by atoms with Crippen molar-refractivity contribution >= 4 is 41.3 Å². The minimum atomic E-state index is -1.34. The molecule has 386 valence electrons. The Labute approximate surface area is 398 Å². The van der Waals surface area contributed by atoms with E-state index >= 15 is 0 Å². The third-order valence-electron chi connectivity index (χ3n) is 9.68. The Morgan fingerprint density at radius 3 is 1.84 bits per heavy atom. The Morgan fingerprint density at radius 1 is 0.750 bits per heavy atom. The van der Waals surface area contributed by atoms with Crippen LogP contribution in [0.1, 0.15) is 121 Å². The summed E-state index contributed by atoms with van der Waals surface area (Å²) in [5, 5.41) is 29.1. The van der Waals surface area contributed by atoms with Crippen LogP contribution >= 0.6 is 0 Å². The molecular formula is C46H75F2N7O13. The summed E-state index contributed by atoms with van der Waals surface area (Å²) in [6.07, 6.45) is -5.10. The average Bonchev–Trinajstić information content (AvgIpc) is 3.74. The summed E-state index contributed by atoms with van der Waals surface area (Å²) in [6.45, 7) is 20.6. The Kier molecular flexibility index (Phi) is 21.0. The minimum absolute atomic E-state index is 0.0224. The van der Waals surface area contributed by atoms with Gasteiger partial charge in [-0.05, 0) is 115 Å². The zero-order chi connectivity index (χ0) is 51.2. The van der Waals surface area contributed by atoms with Crippen molar-refractivity contribution in [1.29, 1.82) is 0 Å². The van der Waals surface area contributed by atoms with Gasteiger partial charge in [0.15, 0.2) is 12.0 Å². The summed E-state index contributed by atoms with van der Waals surface area (Å²) in [7, 11) is 0. The van der Waals surface area contributed by atoms with E-state index in [4.69, 9.17) is 28.4 Å². The number of amides is 5. The predicted octanol–water partition coefficient (Wildman–Crippen LogP) is 5.91. The van der Waals surface area contributed by atoms with Gasteiger partial charge in [-0.15, -0.1) is 0 Å². The molecule has 1 saturated heterocycles. The van der Waals surface area contributed by atoms with E-state index in [1.165, 1.54) is 20.7 Å². The van der Waals surface area contributed by atoms with Gasteiger partial charge in [-0.25, -0.2) is 32.9 Å². The number of nitrogens with one attached hydrogen (secondary N) is 3. The molecular weight excluding hydrogens is 897 g/mol. The van der Waals surface area contributed by atoms with Crippen LogP contribution in [0.25, 0.3) is 11.0 Å². The van der Waals surface area contributed by atoms with Crippen molar-refractivity contribution < 1.29 is 71.4 Å². The van der Waals surface area contributed by atoms with Gasteiger partial charge < -0.3 is 64.1 Å². The van der Waals surface area contributed by atoms with Crippen molar-refractivity contribution in [2.75, 3.05) is 52.5 Å². The largest absolute Gasteiger partial charge is 0.444 e. The molecule has 1 aliphatic heterocycles. The SMILES string of the molecule is CC(C)(C)OC(=O)NCCCN(CCCC(C(=O)NCCCO[C@@H]1[C@H](O)[C@@H](CO)O[C@H]1n1cnc2c(F)cc(F)cc21)N(CCCNC(=O)OC(C)(C)C)C(=O)OC(C)(C)C)C(=O)OC(C)(C)C. The van der Waals surface area contributed by atoms with E-state index < -0.39 is 102 Å². The number of benzene rings is 1. The number of rotatable bonds is 21. The first-order chi connectivity index (χ1) is 31.5. The molecule has 0 bridgehead atoms. The van der Waals surface area contributed by atoms with Crippen LogP contribution in [0.4, 0.5) is 28.0 Å². The fraction of sp³-hybridized carbons (Fsp3) is 0.739. The summed E-state index contributed by atoms with van der Waals surface area (Å²) in [5.41, 5.74) is -3.29. The molecule has 1 aromatic carbocycles. The lowest BCUT2D eigenvalue weighted by Gasteiger charge is -2.34. The first kappa shape index (κ1) is 57.3. The molecule has 2 heterocycles. The van der Waals surface area contributed by atoms with Crippen molar-refractivity contribution in [3.8, 4) is 0 Å². The number of nitrogens with zero attached hydrogens (tertiary/aromatic N) is 4. The highest BCUT2D eigenvalue weighted by Crippen LogP contribution is 2.34. The summed E-state index contributed by atoms with van der Waals surface area (Å²) < 4.78 is 64.0. The van der Waals surface area contributed by atoms with Crippen LogP contribution in [0.5, 0.6) is 0 Å². The van der Waals surface area contributed by atoms with Gasteiger partial charge in [0.05, 0.1) is 18.5 Å². The molecule has 0 aliphatic carbocycles. The third kappa shape index (κ3) is 19.5. The number of aliphatic hydroxyl groups excluding tert-OH is 2. The number of hydrogen-bond acceptors (Lipinski definition) is 14. The van der Waals surface area contributed by atoms with Gasteiger partial charge in [-0.1, -0.05) is 0 Å². The standard InChI is InChI=1S/C46H75F2N7O13/c1-43(2,3)65-39(59)50-18-14-22-53(41(61)67-45(7,8)9)21-13-17-31(54(42(62)68-46(10,11)12)23-15-19-51-40(60)66-44(4,5)6)37(58)49-20-16-24-63-36-35(57)33(27-56)64-38(36)55-28-52-34-30(48)25-29(47)26-32(34)55/h25-26,28,31,33,35-36,38,56-57H,13-24,27H2,1-12H3,(H,49,58)(H,50,59)(H,51,60)/t31?,33-,35-,36-,38-/m1/s1. The van der Waals surface area contributed by atoms with Crippen molar-refractivity contribution in [3.63, 3.8) is 0 Å². The van der Waals surface area contributed by atoms with Gasteiger partial charge in [-0.2, -0.15) is 0 Å². The molecule has 68 heavy (non-hydrogen) atoms. The Balaban J connectivity index is 1.80. The number of halogens is 2. The molecule has 1 aliphatic rings. The quantitative estimate of drug-likeness (QED) is 0.0722. The van der Waals surface area contributed by atoms with Gasteiger partial charge in [0, 0.05) is 58.0 Å². The van der Waals surface area contributed by atoms with Crippen LogP contribution < -0.4 is 16.0 Å². The van der Waals surface area contributed by atoms with Crippen molar-refractivity contribution in [1.82, 2.24) is 35.3 Å². The molecule has 22 heteroatoms. The molecule has 5 atom stereocenters. The van der Waals surface area contributed by atoms with Gasteiger partial charge >= 0.3 is 24.4 Å². The minimum Gasteiger partial charge on any atom is -0.444 e. The molecule has 1 fully saturated rings.